The van der Waals surface area contributed by atoms with E-state index in [-0.39, 0.29) is 18.1 Å². The Morgan fingerprint density at radius 2 is 2.16 bits per heavy atom. The van der Waals surface area contributed by atoms with Gasteiger partial charge in [-0.25, -0.2) is 4.98 Å². The molecule has 19 heavy (non-hydrogen) atoms. The topological polar surface area (TPSA) is 72.2 Å². The quantitative estimate of drug-likeness (QED) is 0.832. The number of oxazole rings is 1. The Morgan fingerprint density at radius 1 is 1.37 bits per heavy atom. The third kappa shape index (κ3) is 3.64. The minimum Gasteiger partial charge on any atom is -0.441 e. The molecule has 100 valence electrons. The number of carbonyl (C=O) groups excluding carboxylic acids is 2. The second-order valence-electron chi connectivity index (χ2n) is 4.51. The fourth-order valence-corrected chi connectivity index (χ4v) is 1.87. The molecule has 0 bridgehead atoms. The number of hydrogen-bond acceptors (Lipinski definition) is 4. The van der Waals surface area contributed by atoms with Gasteiger partial charge < -0.3 is 9.73 Å². The fourth-order valence-electron chi connectivity index (χ4n) is 1.87. The summed E-state index contributed by atoms with van der Waals surface area (Å²) in [6, 6.07) is 5.78. The number of aryl methyl sites for hydroxylation is 1. The molecule has 0 saturated heterocycles. The van der Waals surface area contributed by atoms with Crippen molar-refractivity contribution in [2.75, 3.05) is 6.54 Å². The predicted molar refractivity (Wildman–Crippen MR) is 70.8 cm³/mol. The number of aromatic nitrogens is 1. The first-order valence-corrected chi connectivity index (χ1v) is 6.17. The summed E-state index contributed by atoms with van der Waals surface area (Å²) in [5.41, 5.74) is 2.65. The van der Waals surface area contributed by atoms with Crippen LogP contribution in [0.1, 0.15) is 24.8 Å². The second kappa shape index (κ2) is 5.65. The van der Waals surface area contributed by atoms with Crippen LogP contribution in [-0.2, 0) is 16.0 Å². The zero-order valence-corrected chi connectivity index (χ0v) is 11.0. The van der Waals surface area contributed by atoms with Crippen LogP contribution < -0.4 is 5.32 Å². The molecular formula is C14H16N2O3. The number of fused-ring (bicyclic) bond motifs is 1. The lowest BCUT2D eigenvalue weighted by atomic mass is 10.1. The highest BCUT2D eigenvalue weighted by molar-refractivity contribution is 5.96. The molecule has 0 spiro atoms. The molecular weight excluding hydrogens is 244 g/mol. The van der Waals surface area contributed by atoms with E-state index in [1.165, 1.54) is 6.92 Å². The first-order valence-electron chi connectivity index (χ1n) is 6.17. The molecule has 1 aromatic heterocycles. The van der Waals surface area contributed by atoms with Gasteiger partial charge in [0, 0.05) is 13.5 Å². The zero-order valence-electron chi connectivity index (χ0n) is 11.0. The van der Waals surface area contributed by atoms with Gasteiger partial charge in [-0.15, -0.1) is 0 Å². The van der Waals surface area contributed by atoms with E-state index in [9.17, 15) is 9.59 Å². The highest BCUT2D eigenvalue weighted by Crippen LogP contribution is 2.16. The Hall–Kier alpha value is -2.17. The van der Waals surface area contributed by atoms with Gasteiger partial charge in [-0.2, -0.15) is 0 Å². The monoisotopic (exact) mass is 260 g/mol. The Morgan fingerprint density at radius 3 is 2.89 bits per heavy atom. The highest BCUT2D eigenvalue weighted by Gasteiger charge is 2.05. The van der Waals surface area contributed by atoms with E-state index in [4.69, 9.17) is 4.42 Å². The van der Waals surface area contributed by atoms with Crippen molar-refractivity contribution in [2.24, 2.45) is 0 Å². The number of hydrogen-bond donors (Lipinski definition) is 1. The van der Waals surface area contributed by atoms with Gasteiger partial charge in [-0.05, 0) is 31.0 Å². The summed E-state index contributed by atoms with van der Waals surface area (Å²) < 4.78 is 5.45. The van der Waals surface area contributed by atoms with Crippen LogP contribution in [0, 0.1) is 6.92 Å². The van der Waals surface area contributed by atoms with Gasteiger partial charge in [0.25, 0.3) is 0 Å². The Bertz CT molecular complexity index is 616. The number of rotatable bonds is 5. The average molecular weight is 260 g/mol. The molecule has 2 rings (SSSR count). The van der Waals surface area contributed by atoms with Crippen LogP contribution in [0.25, 0.3) is 11.1 Å². The number of amides is 1. The number of nitrogens with one attached hydrogen (secondary N) is 1. The molecule has 5 nitrogen and oxygen atoms in total. The van der Waals surface area contributed by atoms with E-state index in [0.717, 1.165) is 16.7 Å². The molecule has 1 aromatic carbocycles. The summed E-state index contributed by atoms with van der Waals surface area (Å²) in [5, 5.41) is 2.71. The molecule has 0 fully saturated rings. The second-order valence-corrected chi connectivity index (χ2v) is 4.51. The molecule has 0 aliphatic carbocycles. The molecule has 0 atom stereocenters. The SMILES string of the molecule is CC(=O)CC(=O)NCCc1ccc2nc(C)oc2c1. The van der Waals surface area contributed by atoms with Crippen molar-refractivity contribution in [3.8, 4) is 0 Å². The number of ketones is 1. The van der Waals surface area contributed by atoms with Crippen molar-refractivity contribution in [3.05, 3.63) is 29.7 Å². The molecule has 5 heteroatoms. The summed E-state index contributed by atoms with van der Waals surface area (Å²) in [7, 11) is 0. The fraction of sp³-hybridized carbons (Fsp3) is 0.357. The van der Waals surface area contributed by atoms with Crippen molar-refractivity contribution in [1.29, 1.82) is 0 Å². The summed E-state index contributed by atoms with van der Waals surface area (Å²) in [5.74, 6) is 0.280. The predicted octanol–water partition coefficient (Wildman–Crippen LogP) is 1.77. The normalized spacial score (nSPS) is 10.6. The molecule has 2 aromatic rings. The minimum absolute atomic E-state index is 0.0552. The van der Waals surface area contributed by atoms with E-state index in [0.29, 0.717) is 18.9 Å². The van der Waals surface area contributed by atoms with Crippen LogP contribution in [0.5, 0.6) is 0 Å². The molecule has 1 N–H and O–H groups in total. The number of benzene rings is 1. The van der Waals surface area contributed by atoms with E-state index in [1.807, 2.05) is 25.1 Å². The maximum Gasteiger partial charge on any atom is 0.227 e. The van der Waals surface area contributed by atoms with Crippen molar-refractivity contribution in [3.63, 3.8) is 0 Å². The van der Waals surface area contributed by atoms with Crippen LogP contribution in [-0.4, -0.2) is 23.2 Å². The summed E-state index contributed by atoms with van der Waals surface area (Å²) in [4.78, 5) is 26.3. The van der Waals surface area contributed by atoms with E-state index in [2.05, 4.69) is 10.3 Å². The standard InChI is InChI=1S/C14H16N2O3/c1-9(17)7-14(18)15-6-5-11-3-4-12-13(8-11)19-10(2)16-12/h3-4,8H,5-7H2,1-2H3,(H,15,18). The van der Waals surface area contributed by atoms with Crippen molar-refractivity contribution >= 4 is 22.8 Å². The lowest BCUT2D eigenvalue weighted by molar-refractivity contribution is -0.127. The zero-order chi connectivity index (χ0) is 13.8. The molecule has 0 unspecified atom stereocenters. The molecule has 0 aliphatic heterocycles. The van der Waals surface area contributed by atoms with E-state index in [1.54, 1.807) is 0 Å². The van der Waals surface area contributed by atoms with Gasteiger partial charge in [0.1, 0.15) is 11.3 Å². The molecule has 0 aliphatic rings. The summed E-state index contributed by atoms with van der Waals surface area (Å²) in [6.45, 7) is 3.71. The number of nitrogens with zero attached hydrogens (tertiary/aromatic N) is 1. The van der Waals surface area contributed by atoms with Crippen LogP contribution >= 0.6 is 0 Å². The van der Waals surface area contributed by atoms with Gasteiger partial charge in [0.05, 0.1) is 6.42 Å². The van der Waals surface area contributed by atoms with Gasteiger partial charge in [-0.1, -0.05) is 6.07 Å². The number of carbonyl (C=O) groups is 2. The van der Waals surface area contributed by atoms with Crippen LogP contribution in [0.2, 0.25) is 0 Å². The van der Waals surface area contributed by atoms with Gasteiger partial charge >= 0.3 is 0 Å². The first kappa shape index (κ1) is 13.3. The summed E-state index contributed by atoms with van der Waals surface area (Å²) in [6.07, 6.45) is 0.639. The van der Waals surface area contributed by atoms with Crippen LogP contribution in [0.4, 0.5) is 0 Å². The minimum atomic E-state index is -0.232. The van der Waals surface area contributed by atoms with Crippen molar-refractivity contribution in [1.82, 2.24) is 10.3 Å². The maximum absolute atomic E-state index is 11.3. The van der Waals surface area contributed by atoms with Crippen LogP contribution in [0.3, 0.4) is 0 Å². The first-order chi connectivity index (χ1) is 9.04. The lowest BCUT2D eigenvalue weighted by Crippen LogP contribution is -2.27. The Kier molecular flexibility index (Phi) is 3.94. The van der Waals surface area contributed by atoms with Gasteiger partial charge in [0.15, 0.2) is 11.5 Å². The Balaban J connectivity index is 1.91. The van der Waals surface area contributed by atoms with Gasteiger partial charge in [0.2, 0.25) is 5.91 Å². The molecule has 0 saturated carbocycles. The van der Waals surface area contributed by atoms with Crippen molar-refractivity contribution < 1.29 is 14.0 Å². The molecule has 1 heterocycles. The summed E-state index contributed by atoms with van der Waals surface area (Å²) >= 11 is 0. The lowest BCUT2D eigenvalue weighted by Gasteiger charge is -2.03. The smallest absolute Gasteiger partial charge is 0.227 e. The third-order valence-electron chi connectivity index (χ3n) is 2.71. The highest BCUT2D eigenvalue weighted by atomic mass is 16.3. The molecule has 0 radical (unpaired) electrons. The van der Waals surface area contributed by atoms with Gasteiger partial charge in [-0.3, -0.25) is 9.59 Å². The van der Waals surface area contributed by atoms with E-state index < -0.39 is 0 Å². The van der Waals surface area contributed by atoms with E-state index >= 15 is 0 Å². The van der Waals surface area contributed by atoms with Crippen molar-refractivity contribution in [2.45, 2.75) is 26.7 Å². The average Bonchev–Trinajstić information content (AvgIpc) is 2.67. The Labute approximate surface area is 111 Å². The largest absolute Gasteiger partial charge is 0.441 e. The molecule has 1 amide bonds. The number of Topliss-reactive ketones (excluding diaryl/α,β-unsaturated/α-hetero) is 1. The van der Waals surface area contributed by atoms with Crippen LogP contribution in [0.15, 0.2) is 22.6 Å². The maximum atomic E-state index is 11.3. The third-order valence-corrected chi connectivity index (χ3v) is 2.71.